The van der Waals surface area contributed by atoms with Crippen molar-refractivity contribution in [3.05, 3.63) is 0 Å². The van der Waals surface area contributed by atoms with Crippen molar-refractivity contribution in [2.75, 3.05) is 13.1 Å². The average molecular weight is 274 g/mol. The Kier molecular flexibility index (Phi) is 2.78. The van der Waals surface area contributed by atoms with Crippen LogP contribution in [0.2, 0.25) is 0 Å². The van der Waals surface area contributed by atoms with Crippen LogP contribution in [0.3, 0.4) is 0 Å². The van der Waals surface area contributed by atoms with Crippen LogP contribution in [0.25, 0.3) is 0 Å². The summed E-state index contributed by atoms with van der Waals surface area (Å²) in [7, 11) is 0. The number of alkyl halides is 2. The number of ether oxygens (including phenoxy) is 1. The van der Waals surface area contributed by atoms with Crippen LogP contribution >= 0.6 is 0 Å². The van der Waals surface area contributed by atoms with E-state index in [1.165, 1.54) is 0 Å². The number of hydrogen-bond donors (Lipinski definition) is 1. The van der Waals surface area contributed by atoms with Gasteiger partial charge >= 0.3 is 6.09 Å². The van der Waals surface area contributed by atoms with Crippen molar-refractivity contribution < 1.29 is 18.3 Å². The Labute approximate surface area is 111 Å². The number of alkyl carbamates (subject to hydrolysis) is 1. The minimum atomic E-state index is -2.96. The van der Waals surface area contributed by atoms with Gasteiger partial charge in [-0.3, -0.25) is 4.90 Å². The molecule has 4 nitrogen and oxygen atoms in total. The number of likely N-dealkylation sites (tertiary alicyclic amines) is 1. The van der Waals surface area contributed by atoms with Gasteiger partial charge in [0.1, 0.15) is 0 Å². The van der Waals surface area contributed by atoms with Crippen LogP contribution in [-0.4, -0.2) is 47.7 Å². The van der Waals surface area contributed by atoms with Crippen LogP contribution in [0.1, 0.15) is 33.1 Å². The first-order chi connectivity index (χ1) is 8.80. The Bertz CT molecular complexity index is 383. The summed E-state index contributed by atoms with van der Waals surface area (Å²) in [6.45, 7) is 3.49. The molecule has 0 aromatic rings. The zero-order valence-corrected chi connectivity index (χ0v) is 11.3. The van der Waals surface area contributed by atoms with E-state index in [2.05, 4.69) is 5.32 Å². The molecular formula is C13H20F2N2O2. The molecule has 0 spiro atoms. The molecule has 19 heavy (non-hydrogen) atoms. The smallest absolute Gasteiger partial charge is 0.408 e. The van der Waals surface area contributed by atoms with Gasteiger partial charge in [0.15, 0.2) is 6.10 Å². The molecule has 6 heteroatoms. The number of nitrogens with one attached hydrogen (secondary N) is 1. The van der Waals surface area contributed by atoms with Crippen molar-refractivity contribution in [1.29, 1.82) is 0 Å². The molecule has 2 bridgehead atoms. The Balaban J connectivity index is 1.54. The molecule has 4 rings (SSSR count). The van der Waals surface area contributed by atoms with Crippen molar-refractivity contribution in [1.82, 2.24) is 10.2 Å². The van der Waals surface area contributed by atoms with E-state index in [0.717, 1.165) is 25.2 Å². The SMILES string of the molecule is CC(C)N1C[C@H](OC(=O)NC23CC(C2)C3)C(F)(F)C1. The second-order valence-corrected chi connectivity index (χ2v) is 6.56. The number of hydrogen-bond acceptors (Lipinski definition) is 3. The Morgan fingerprint density at radius 3 is 2.42 bits per heavy atom. The summed E-state index contributed by atoms with van der Waals surface area (Å²) in [6, 6.07) is 0.0279. The van der Waals surface area contributed by atoms with E-state index in [1.807, 2.05) is 13.8 Å². The Morgan fingerprint density at radius 2 is 2.00 bits per heavy atom. The maximum Gasteiger partial charge on any atom is 0.408 e. The maximum atomic E-state index is 13.8. The molecule has 108 valence electrons. The highest BCUT2D eigenvalue weighted by Gasteiger charge is 2.58. The molecule has 1 N–H and O–H groups in total. The van der Waals surface area contributed by atoms with E-state index in [4.69, 9.17) is 4.74 Å². The lowest BCUT2D eigenvalue weighted by molar-refractivity contribution is -0.0905. The molecule has 1 amide bonds. The number of amides is 1. The summed E-state index contributed by atoms with van der Waals surface area (Å²) in [5, 5.41) is 2.75. The van der Waals surface area contributed by atoms with Crippen LogP contribution in [0, 0.1) is 5.92 Å². The van der Waals surface area contributed by atoms with Crippen molar-refractivity contribution in [3.63, 3.8) is 0 Å². The van der Waals surface area contributed by atoms with E-state index >= 15 is 0 Å². The van der Waals surface area contributed by atoms with E-state index in [9.17, 15) is 13.6 Å². The largest absolute Gasteiger partial charge is 0.438 e. The van der Waals surface area contributed by atoms with Gasteiger partial charge in [0.25, 0.3) is 5.92 Å². The third-order valence-electron chi connectivity index (χ3n) is 4.67. The van der Waals surface area contributed by atoms with Crippen molar-refractivity contribution in [3.8, 4) is 0 Å². The van der Waals surface area contributed by atoms with Crippen LogP contribution in [-0.2, 0) is 4.74 Å². The maximum absolute atomic E-state index is 13.8. The Morgan fingerprint density at radius 1 is 1.37 bits per heavy atom. The summed E-state index contributed by atoms with van der Waals surface area (Å²) in [4.78, 5) is 13.3. The Hall–Kier alpha value is -0.910. The van der Waals surface area contributed by atoms with Gasteiger partial charge in [-0.25, -0.2) is 13.6 Å². The van der Waals surface area contributed by atoms with Crippen molar-refractivity contribution >= 4 is 6.09 Å². The average Bonchev–Trinajstić information content (AvgIpc) is 2.47. The van der Waals surface area contributed by atoms with E-state index in [0.29, 0.717) is 0 Å². The molecule has 0 aromatic carbocycles. The topological polar surface area (TPSA) is 41.6 Å². The highest BCUT2D eigenvalue weighted by Crippen LogP contribution is 2.56. The lowest BCUT2D eigenvalue weighted by atomic mass is 9.50. The first-order valence-corrected chi connectivity index (χ1v) is 6.90. The molecule has 3 aliphatic carbocycles. The highest BCUT2D eigenvalue weighted by molar-refractivity contribution is 5.69. The number of halogens is 2. The van der Waals surface area contributed by atoms with E-state index in [-0.39, 0.29) is 24.7 Å². The highest BCUT2D eigenvalue weighted by atomic mass is 19.3. The quantitative estimate of drug-likeness (QED) is 0.855. The predicted molar refractivity (Wildman–Crippen MR) is 65.1 cm³/mol. The first-order valence-electron chi connectivity index (χ1n) is 6.90. The van der Waals surface area contributed by atoms with Gasteiger partial charge in [0.2, 0.25) is 0 Å². The summed E-state index contributed by atoms with van der Waals surface area (Å²) in [5.74, 6) is -2.23. The minimum absolute atomic E-state index is 0.0279. The third kappa shape index (κ3) is 2.20. The minimum Gasteiger partial charge on any atom is -0.438 e. The fraction of sp³-hybridized carbons (Fsp3) is 0.923. The lowest BCUT2D eigenvalue weighted by Crippen LogP contribution is -2.68. The lowest BCUT2D eigenvalue weighted by Gasteiger charge is -2.61. The molecular weight excluding hydrogens is 254 g/mol. The number of carbonyl (C=O) groups excluding carboxylic acids is 1. The van der Waals surface area contributed by atoms with Gasteiger partial charge in [-0.15, -0.1) is 0 Å². The number of carbonyl (C=O) groups is 1. The van der Waals surface area contributed by atoms with Gasteiger partial charge < -0.3 is 10.1 Å². The molecule has 0 unspecified atom stereocenters. The van der Waals surface area contributed by atoms with E-state index in [1.54, 1.807) is 4.90 Å². The third-order valence-corrected chi connectivity index (χ3v) is 4.67. The van der Waals surface area contributed by atoms with Crippen LogP contribution in [0.15, 0.2) is 0 Å². The molecule has 1 heterocycles. The molecule has 0 aromatic heterocycles. The first kappa shape index (κ1) is 13.1. The second kappa shape index (κ2) is 4.04. The molecule has 0 radical (unpaired) electrons. The monoisotopic (exact) mass is 274 g/mol. The summed E-state index contributed by atoms with van der Waals surface area (Å²) in [6.07, 6.45) is 0.903. The normalized spacial score (nSPS) is 39.6. The van der Waals surface area contributed by atoms with E-state index < -0.39 is 18.1 Å². The van der Waals surface area contributed by atoms with Crippen LogP contribution in [0.4, 0.5) is 13.6 Å². The van der Waals surface area contributed by atoms with Crippen LogP contribution in [0.5, 0.6) is 0 Å². The van der Waals surface area contributed by atoms with Gasteiger partial charge in [0.05, 0.1) is 6.54 Å². The molecule has 4 fully saturated rings. The standard InChI is InChI=1S/C13H20F2N2O2/c1-8(2)17-6-10(13(14,15)7-17)19-11(18)16-12-3-9(4-12)5-12/h8-10H,3-7H2,1-2H3,(H,16,18)/t9?,10-,12?/m0/s1. The zero-order chi connectivity index (χ0) is 13.8. The summed E-state index contributed by atoms with van der Waals surface area (Å²) >= 11 is 0. The number of rotatable bonds is 3. The second-order valence-electron chi connectivity index (χ2n) is 6.56. The van der Waals surface area contributed by atoms with Gasteiger partial charge in [-0.1, -0.05) is 0 Å². The number of nitrogens with zero attached hydrogens (tertiary/aromatic N) is 1. The molecule has 1 atom stereocenters. The fourth-order valence-electron chi connectivity index (χ4n) is 3.31. The van der Waals surface area contributed by atoms with Crippen molar-refractivity contribution in [2.45, 2.75) is 56.7 Å². The fourth-order valence-corrected chi connectivity index (χ4v) is 3.31. The van der Waals surface area contributed by atoms with Gasteiger partial charge in [-0.2, -0.15) is 0 Å². The zero-order valence-electron chi connectivity index (χ0n) is 11.3. The van der Waals surface area contributed by atoms with Crippen molar-refractivity contribution in [2.24, 2.45) is 5.92 Å². The molecule has 1 aliphatic heterocycles. The summed E-state index contributed by atoms with van der Waals surface area (Å²) in [5.41, 5.74) is -0.132. The van der Waals surface area contributed by atoms with Gasteiger partial charge in [0, 0.05) is 18.1 Å². The molecule has 4 aliphatic rings. The predicted octanol–water partition coefficient (Wildman–Crippen LogP) is 1.99. The molecule has 1 saturated heterocycles. The van der Waals surface area contributed by atoms with Crippen LogP contribution < -0.4 is 5.32 Å². The molecule has 3 saturated carbocycles. The summed E-state index contributed by atoms with van der Waals surface area (Å²) < 4.78 is 32.5. The van der Waals surface area contributed by atoms with Gasteiger partial charge in [-0.05, 0) is 39.0 Å².